The molecule has 2 unspecified atom stereocenters. The number of amides is 2. The zero-order valence-electron chi connectivity index (χ0n) is 13.3. The van der Waals surface area contributed by atoms with E-state index in [0.717, 1.165) is 0 Å². The number of carbonyl (C=O) groups excluding carboxylic acids is 2. The lowest BCUT2D eigenvalue weighted by molar-refractivity contribution is -0.122. The van der Waals surface area contributed by atoms with Gasteiger partial charge in [-0.2, -0.15) is 0 Å². The van der Waals surface area contributed by atoms with Gasteiger partial charge in [-0.05, 0) is 45.7 Å². The minimum Gasteiger partial charge on any atom is -0.492 e. The van der Waals surface area contributed by atoms with Gasteiger partial charge in [0.25, 0.3) is 0 Å². The number of allylic oxidation sites excluding steroid dienone is 2. The molecule has 1 heterocycles. The largest absolute Gasteiger partial charge is 0.492 e. The number of ether oxygens (including phenoxy) is 1. The predicted molar refractivity (Wildman–Crippen MR) is 84.7 cm³/mol. The lowest BCUT2D eigenvalue weighted by Gasteiger charge is -2.23. The van der Waals surface area contributed by atoms with E-state index in [1.807, 2.05) is 19.1 Å². The number of fused-ring (bicyclic) bond motifs is 1. The predicted octanol–water partition coefficient (Wildman–Crippen LogP) is 3.32. The lowest BCUT2D eigenvalue weighted by Crippen LogP contribution is -2.31. The summed E-state index contributed by atoms with van der Waals surface area (Å²) >= 11 is 0. The fourth-order valence-electron chi connectivity index (χ4n) is 3.41. The summed E-state index contributed by atoms with van der Waals surface area (Å²) in [5.41, 5.74) is 3.05. The molecule has 22 heavy (non-hydrogen) atoms. The molecule has 4 nitrogen and oxygen atoms in total. The van der Waals surface area contributed by atoms with E-state index in [4.69, 9.17) is 4.74 Å². The first kappa shape index (κ1) is 14.8. The van der Waals surface area contributed by atoms with Crippen molar-refractivity contribution in [3.05, 3.63) is 35.4 Å². The van der Waals surface area contributed by atoms with Crippen molar-refractivity contribution in [2.24, 2.45) is 11.8 Å². The normalized spacial score (nSPS) is 24.8. The maximum atomic E-state index is 12.8. The molecule has 0 bridgehead atoms. The second kappa shape index (κ2) is 5.59. The first-order chi connectivity index (χ1) is 10.5. The first-order valence-corrected chi connectivity index (χ1v) is 7.79. The molecule has 116 valence electrons. The number of rotatable bonds is 3. The number of imide groups is 1. The molecule has 0 aromatic heterocycles. The fraction of sp³-hybridized carbons (Fsp3) is 0.444. The SMILES string of the molecule is CCOc1ccccc1N1C(=O)C2CC(C)=C(C)CC2C1=O. The Labute approximate surface area is 130 Å². The number of hydrogen-bond acceptors (Lipinski definition) is 3. The monoisotopic (exact) mass is 299 g/mol. The number of para-hydroxylation sites is 2. The zero-order chi connectivity index (χ0) is 15.9. The molecule has 1 saturated heterocycles. The average molecular weight is 299 g/mol. The Hall–Kier alpha value is -2.10. The summed E-state index contributed by atoms with van der Waals surface area (Å²) in [4.78, 5) is 26.9. The van der Waals surface area contributed by atoms with E-state index in [2.05, 4.69) is 13.8 Å². The molecule has 1 aromatic rings. The van der Waals surface area contributed by atoms with Crippen LogP contribution in [0.3, 0.4) is 0 Å². The molecule has 0 radical (unpaired) electrons. The number of benzene rings is 1. The van der Waals surface area contributed by atoms with Crippen molar-refractivity contribution < 1.29 is 14.3 Å². The van der Waals surface area contributed by atoms with Gasteiger partial charge in [0.15, 0.2) is 0 Å². The zero-order valence-corrected chi connectivity index (χ0v) is 13.3. The Morgan fingerprint density at radius 3 is 2.14 bits per heavy atom. The van der Waals surface area contributed by atoms with E-state index in [1.165, 1.54) is 16.0 Å². The number of nitrogens with zero attached hydrogens (tertiary/aromatic N) is 1. The highest BCUT2D eigenvalue weighted by molar-refractivity contribution is 6.23. The van der Waals surface area contributed by atoms with E-state index in [9.17, 15) is 9.59 Å². The molecule has 4 heteroatoms. The Morgan fingerprint density at radius 2 is 1.59 bits per heavy atom. The van der Waals surface area contributed by atoms with E-state index < -0.39 is 0 Å². The molecule has 0 saturated carbocycles. The van der Waals surface area contributed by atoms with Gasteiger partial charge in [-0.25, -0.2) is 4.90 Å². The molecule has 0 spiro atoms. The topological polar surface area (TPSA) is 46.6 Å². The highest BCUT2D eigenvalue weighted by Crippen LogP contribution is 2.44. The first-order valence-electron chi connectivity index (χ1n) is 7.79. The van der Waals surface area contributed by atoms with E-state index in [1.54, 1.807) is 12.1 Å². The van der Waals surface area contributed by atoms with Gasteiger partial charge in [-0.15, -0.1) is 0 Å². The highest BCUT2D eigenvalue weighted by Gasteiger charge is 2.50. The van der Waals surface area contributed by atoms with Crippen LogP contribution in [-0.2, 0) is 9.59 Å². The summed E-state index contributed by atoms with van der Waals surface area (Å²) in [7, 11) is 0. The van der Waals surface area contributed by atoms with Crippen LogP contribution in [0.25, 0.3) is 0 Å². The van der Waals surface area contributed by atoms with E-state index >= 15 is 0 Å². The van der Waals surface area contributed by atoms with Crippen molar-refractivity contribution in [2.45, 2.75) is 33.6 Å². The standard InChI is InChI=1S/C18H21NO3/c1-4-22-16-8-6-5-7-15(16)19-17(20)13-9-11(2)12(3)10-14(13)18(19)21/h5-8,13-14H,4,9-10H2,1-3H3. The lowest BCUT2D eigenvalue weighted by atomic mass is 9.78. The van der Waals surface area contributed by atoms with Gasteiger partial charge >= 0.3 is 0 Å². The maximum absolute atomic E-state index is 12.8. The van der Waals surface area contributed by atoms with Crippen molar-refractivity contribution in [1.82, 2.24) is 0 Å². The van der Waals surface area contributed by atoms with Crippen LogP contribution in [0, 0.1) is 11.8 Å². The van der Waals surface area contributed by atoms with Gasteiger partial charge in [0.05, 0.1) is 24.1 Å². The third-order valence-electron chi connectivity index (χ3n) is 4.75. The van der Waals surface area contributed by atoms with Crippen molar-refractivity contribution in [1.29, 1.82) is 0 Å². The van der Waals surface area contributed by atoms with E-state index in [-0.39, 0.29) is 23.7 Å². The van der Waals surface area contributed by atoms with Crippen molar-refractivity contribution >= 4 is 17.5 Å². The Morgan fingerprint density at radius 1 is 1.05 bits per heavy atom. The Bertz CT molecular complexity index is 630. The van der Waals surface area contributed by atoms with Gasteiger partial charge in [0, 0.05) is 0 Å². The van der Waals surface area contributed by atoms with Crippen LogP contribution in [0.1, 0.15) is 33.6 Å². The van der Waals surface area contributed by atoms with Crippen LogP contribution >= 0.6 is 0 Å². The molecule has 2 aliphatic rings. The van der Waals surface area contributed by atoms with Crippen LogP contribution in [-0.4, -0.2) is 18.4 Å². The highest BCUT2D eigenvalue weighted by atomic mass is 16.5. The molecule has 1 aromatic carbocycles. The van der Waals surface area contributed by atoms with Crippen molar-refractivity contribution in [3.8, 4) is 5.75 Å². The van der Waals surface area contributed by atoms with Crippen LogP contribution < -0.4 is 9.64 Å². The average Bonchev–Trinajstić information content (AvgIpc) is 2.73. The van der Waals surface area contributed by atoms with Gasteiger partial charge in [-0.3, -0.25) is 9.59 Å². The fourth-order valence-corrected chi connectivity index (χ4v) is 3.41. The summed E-state index contributed by atoms with van der Waals surface area (Å²) in [5, 5.41) is 0. The summed E-state index contributed by atoms with van der Waals surface area (Å²) in [6.45, 7) is 6.50. The molecular formula is C18H21NO3. The van der Waals surface area contributed by atoms with Crippen LogP contribution in [0.4, 0.5) is 5.69 Å². The second-order valence-corrected chi connectivity index (χ2v) is 6.09. The van der Waals surface area contributed by atoms with Gasteiger partial charge in [0.1, 0.15) is 5.75 Å². The minimum atomic E-state index is -0.217. The van der Waals surface area contributed by atoms with Gasteiger partial charge in [-0.1, -0.05) is 23.3 Å². The third-order valence-corrected chi connectivity index (χ3v) is 4.75. The molecular weight excluding hydrogens is 278 g/mol. The van der Waals surface area contributed by atoms with Crippen LogP contribution in [0.15, 0.2) is 35.4 Å². The third kappa shape index (κ3) is 2.23. The molecule has 1 fully saturated rings. The quantitative estimate of drug-likeness (QED) is 0.635. The summed E-state index contributed by atoms with van der Waals surface area (Å²) in [6, 6.07) is 7.26. The summed E-state index contributed by atoms with van der Waals surface area (Å²) < 4.78 is 5.59. The molecule has 3 rings (SSSR count). The van der Waals surface area contributed by atoms with Crippen LogP contribution in [0.2, 0.25) is 0 Å². The molecule has 0 N–H and O–H groups in total. The number of anilines is 1. The maximum Gasteiger partial charge on any atom is 0.238 e. The Kier molecular flexibility index (Phi) is 3.77. The molecule has 1 aliphatic heterocycles. The Balaban J connectivity index is 1.98. The van der Waals surface area contributed by atoms with Crippen molar-refractivity contribution in [3.63, 3.8) is 0 Å². The molecule has 2 atom stereocenters. The smallest absolute Gasteiger partial charge is 0.238 e. The van der Waals surface area contributed by atoms with Crippen molar-refractivity contribution in [2.75, 3.05) is 11.5 Å². The van der Waals surface area contributed by atoms with Gasteiger partial charge < -0.3 is 4.74 Å². The second-order valence-electron chi connectivity index (χ2n) is 6.09. The summed E-state index contributed by atoms with van der Waals surface area (Å²) in [6.07, 6.45) is 1.38. The summed E-state index contributed by atoms with van der Waals surface area (Å²) in [5.74, 6) is -0.0217. The minimum absolute atomic E-state index is 0.0889. The number of hydrogen-bond donors (Lipinski definition) is 0. The van der Waals surface area contributed by atoms with Crippen LogP contribution in [0.5, 0.6) is 5.75 Å². The van der Waals surface area contributed by atoms with E-state index in [0.29, 0.717) is 30.9 Å². The van der Waals surface area contributed by atoms with Gasteiger partial charge in [0.2, 0.25) is 11.8 Å². The molecule has 2 amide bonds. The molecule has 1 aliphatic carbocycles. The number of carbonyl (C=O) groups is 2.